The van der Waals surface area contributed by atoms with Crippen molar-refractivity contribution in [2.24, 2.45) is 5.92 Å². The van der Waals surface area contributed by atoms with Crippen LogP contribution in [0.15, 0.2) is 60.7 Å². The summed E-state index contributed by atoms with van der Waals surface area (Å²) in [6.07, 6.45) is 3.22. The summed E-state index contributed by atoms with van der Waals surface area (Å²) in [4.78, 5) is 42.6. The SMILES string of the molecule is CC(C)CN(CC(=O)N1CC(=O)N(c2ccc(Cl)cc2)C1)C(=O)/C=C/c1ccccc1. The molecule has 0 bridgehead atoms. The summed E-state index contributed by atoms with van der Waals surface area (Å²) < 4.78 is 0. The minimum atomic E-state index is -0.257. The van der Waals surface area contributed by atoms with Crippen LogP contribution in [0.4, 0.5) is 5.69 Å². The van der Waals surface area contributed by atoms with Crippen molar-refractivity contribution >= 4 is 41.1 Å². The molecule has 6 nitrogen and oxygen atoms in total. The molecule has 7 heteroatoms. The van der Waals surface area contributed by atoms with Crippen LogP contribution in [0.25, 0.3) is 6.08 Å². The van der Waals surface area contributed by atoms with Crippen LogP contribution < -0.4 is 4.90 Å². The molecule has 0 atom stereocenters. The van der Waals surface area contributed by atoms with E-state index in [4.69, 9.17) is 11.6 Å². The maximum Gasteiger partial charge on any atom is 0.248 e. The van der Waals surface area contributed by atoms with Crippen LogP contribution in [0.2, 0.25) is 5.02 Å². The summed E-state index contributed by atoms with van der Waals surface area (Å²) in [6, 6.07) is 16.4. The number of hydrogen-bond acceptors (Lipinski definition) is 3. The highest BCUT2D eigenvalue weighted by molar-refractivity contribution is 6.30. The number of amides is 3. The van der Waals surface area contributed by atoms with Gasteiger partial charge in [0.2, 0.25) is 17.7 Å². The Bertz CT molecular complexity index is 958. The van der Waals surface area contributed by atoms with Crippen LogP contribution in [0, 0.1) is 5.92 Å². The van der Waals surface area contributed by atoms with Gasteiger partial charge in [0.1, 0.15) is 19.8 Å². The molecule has 1 fully saturated rings. The van der Waals surface area contributed by atoms with Crippen LogP contribution in [0.5, 0.6) is 0 Å². The zero-order valence-electron chi connectivity index (χ0n) is 17.7. The molecule has 1 heterocycles. The fraction of sp³-hybridized carbons (Fsp3) is 0.292. The molecule has 0 radical (unpaired) electrons. The van der Waals surface area contributed by atoms with Gasteiger partial charge < -0.3 is 9.80 Å². The van der Waals surface area contributed by atoms with Crippen LogP contribution in [0.1, 0.15) is 19.4 Å². The Morgan fingerprint density at radius 1 is 1.10 bits per heavy atom. The summed E-state index contributed by atoms with van der Waals surface area (Å²) in [5.41, 5.74) is 1.60. The lowest BCUT2D eigenvalue weighted by atomic mass is 10.2. The van der Waals surface area contributed by atoms with E-state index in [-0.39, 0.29) is 43.4 Å². The number of nitrogens with zero attached hydrogens (tertiary/aromatic N) is 3. The molecule has 2 aromatic rings. The highest BCUT2D eigenvalue weighted by Gasteiger charge is 2.32. The lowest BCUT2D eigenvalue weighted by molar-refractivity contribution is -0.138. The molecule has 0 spiro atoms. The summed E-state index contributed by atoms with van der Waals surface area (Å²) >= 11 is 5.92. The minimum Gasteiger partial charge on any atom is -0.330 e. The zero-order chi connectivity index (χ0) is 22.4. The van der Waals surface area contributed by atoms with Gasteiger partial charge >= 0.3 is 0 Å². The summed E-state index contributed by atoms with van der Waals surface area (Å²) in [5, 5.41) is 0.578. The summed E-state index contributed by atoms with van der Waals surface area (Å²) in [6.45, 7) is 4.51. The van der Waals surface area contributed by atoms with Gasteiger partial charge in [-0.15, -0.1) is 0 Å². The third-order valence-electron chi connectivity index (χ3n) is 4.87. The van der Waals surface area contributed by atoms with Crippen molar-refractivity contribution in [2.75, 3.05) is 31.2 Å². The fourth-order valence-corrected chi connectivity index (χ4v) is 3.46. The zero-order valence-corrected chi connectivity index (χ0v) is 18.5. The lowest BCUT2D eigenvalue weighted by Crippen LogP contribution is -2.43. The molecule has 2 aromatic carbocycles. The van der Waals surface area contributed by atoms with E-state index in [0.29, 0.717) is 17.3 Å². The third-order valence-corrected chi connectivity index (χ3v) is 5.12. The number of carbonyl (C=O) groups is 3. The first kappa shape index (κ1) is 22.6. The number of hydrogen-bond donors (Lipinski definition) is 0. The van der Waals surface area contributed by atoms with E-state index in [1.165, 1.54) is 20.8 Å². The Morgan fingerprint density at radius 2 is 1.77 bits per heavy atom. The Kier molecular flexibility index (Phi) is 7.47. The molecule has 1 saturated heterocycles. The van der Waals surface area contributed by atoms with E-state index in [0.717, 1.165) is 5.56 Å². The Balaban J connectivity index is 1.66. The normalized spacial score (nSPS) is 14.0. The van der Waals surface area contributed by atoms with E-state index in [1.54, 1.807) is 30.3 Å². The second-order valence-electron chi connectivity index (χ2n) is 7.89. The smallest absolute Gasteiger partial charge is 0.248 e. The van der Waals surface area contributed by atoms with E-state index >= 15 is 0 Å². The van der Waals surface area contributed by atoms with Crippen molar-refractivity contribution < 1.29 is 14.4 Å². The Hall–Kier alpha value is -3.12. The minimum absolute atomic E-state index is 0.00891. The van der Waals surface area contributed by atoms with Gasteiger partial charge in [0.15, 0.2) is 0 Å². The number of halogens is 1. The summed E-state index contributed by atoms with van der Waals surface area (Å²) in [7, 11) is 0. The van der Waals surface area contributed by atoms with E-state index < -0.39 is 0 Å². The highest BCUT2D eigenvalue weighted by atomic mass is 35.5. The Labute approximate surface area is 187 Å². The van der Waals surface area contributed by atoms with Crippen molar-refractivity contribution in [3.63, 3.8) is 0 Å². The molecule has 3 rings (SSSR count). The lowest BCUT2D eigenvalue weighted by Gasteiger charge is -2.25. The third kappa shape index (κ3) is 6.18. The predicted molar refractivity (Wildman–Crippen MR) is 122 cm³/mol. The van der Waals surface area contributed by atoms with Crippen LogP contribution in [-0.4, -0.2) is 53.8 Å². The van der Waals surface area contributed by atoms with Crippen molar-refractivity contribution in [2.45, 2.75) is 13.8 Å². The number of anilines is 1. The molecule has 1 aliphatic heterocycles. The molecule has 0 aromatic heterocycles. The van der Waals surface area contributed by atoms with Gasteiger partial charge in [-0.3, -0.25) is 19.3 Å². The molecule has 0 aliphatic carbocycles. The number of carbonyl (C=O) groups excluding carboxylic acids is 3. The van der Waals surface area contributed by atoms with Crippen molar-refractivity contribution in [3.05, 3.63) is 71.3 Å². The molecule has 1 aliphatic rings. The van der Waals surface area contributed by atoms with E-state index in [1.807, 2.05) is 44.2 Å². The molecule has 31 heavy (non-hydrogen) atoms. The van der Waals surface area contributed by atoms with Gasteiger partial charge in [-0.05, 0) is 41.8 Å². The maximum absolute atomic E-state index is 12.9. The van der Waals surface area contributed by atoms with Gasteiger partial charge in [0.25, 0.3) is 0 Å². The van der Waals surface area contributed by atoms with Crippen molar-refractivity contribution in [1.29, 1.82) is 0 Å². The van der Waals surface area contributed by atoms with Gasteiger partial charge in [0, 0.05) is 23.3 Å². The average Bonchev–Trinajstić information content (AvgIpc) is 3.14. The van der Waals surface area contributed by atoms with Crippen LogP contribution >= 0.6 is 11.6 Å². The van der Waals surface area contributed by atoms with Crippen LogP contribution in [0.3, 0.4) is 0 Å². The molecule has 0 unspecified atom stereocenters. The molecule has 0 N–H and O–H groups in total. The second-order valence-corrected chi connectivity index (χ2v) is 8.32. The monoisotopic (exact) mass is 439 g/mol. The number of benzene rings is 2. The Morgan fingerprint density at radius 3 is 2.42 bits per heavy atom. The number of rotatable bonds is 7. The van der Waals surface area contributed by atoms with Gasteiger partial charge in [-0.25, -0.2) is 0 Å². The second kappa shape index (κ2) is 10.3. The molecule has 0 saturated carbocycles. The molecule has 162 valence electrons. The maximum atomic E-state index is 12.9. The standard InChI is InChI=1S/C24H26ClN3O3/c1-18(2)14-26(22(29)13-8-19-6-4-3-5-7-19)15-23(30)27-16-24(31)28(17-27)21-11-9-20(25)10-12-21/h3-13,18H,14-17H2,1-2H3/b13-8+. The topological polar surface area (TPSA) is 60.9 Å². The van der Waals surface area contributed by atoms with Crippen molar-refractivity contribution in [1.82, 2.24) is 9.80 Å². The first-order valence-electron chi connectivity index (χ1n) is 10.2. The van der Waals surface area contributed by atoms with Crippen LogP contribution in [-0.2, 0) is 14.4 Å². The van der Waals surface area contributed by atoms with Gasteiger partial charge in [-0.1, -0.05) is 55.8 Å². The highest BCUT2D eigenvalue weighted by Crippen LogP contribution is 2.22. The van der Waals surface area contributed by atoms with Gasteiger partial charge in [0.05, 0.1) is 0 Å². The fourth-order valence-electron chi connectivity index (χ4n) is 3.34. The average molecular weight is 440 g/mol. The first-order chi connectivity index (χ1) is 14.8. The molecule has 3 amide bonds. The van der Waals surface area contributed by atoms with E-state index in [9.17, 15) is 14.4 Å². The first-order valence-corrected chi connectivity index (χ1v) is 10.6. The molecular formula is C24H26ClN3O3. The van der Waals surface area contributed by atoms with E-state index in [2.05, 4.69) is 0 Å². The summed E-state index contributed by atoms with van der Waals surface area (Å²) in [5.74, 6) is -0.452. The predicted octanol–water partition coefficient (Wildman–Crippen LogP) is 3.67. The molecular weight excluding hydrogens is 414 g/mol. The largest absolute Gasteiger partial charge is 0.330 e. The van der Waals surface area contributed by atoms with Crippen molar-refractivity contribution in [3.8, 4) is 0 Å². The van der Waals surface area contributed by atoms with Gasteiger partial charge in [-0.2, -0.15) is 0 Å². The quantitative estimate of drug-likeness (QED) is 0.618.